The van der Waals surface area contributed by atoms with Crippen LogP contribution >= 0.6 is 11.6 Å². The third-order valence-corrected chi connectivity index (χ3v) is 2.96. The molecule has 1 aromatic carbocycles. The maximum absolute atomic E-state index is 10.7. The first-order chi connectivity index (χ1) is 8.16. The molecule has 0 bridgehead atoms. The standard InChI is InChI=1S/C13H13ClO3/c14-11-8-9(13(15)16)6-7-12(11)17-10-4-2-1-3-5-10/h2,4,6-8,10H,1,3,5H2,(H,15,16). The number of carboxylic acids is 1. The molecule has 1 aliphatic rings. The average molecular weight is 253 g/mol. The lowest BCUT2D eigenvalue weighted by Crippen LogP contribution is -2.15. The molecule has 0 aliphatic heterocycles. The van der Waals surface area contributed by atoms with Crippen LogP contribution in [0.5, 0.6) is 5.75 Å². The molecule has 17 heavy (non-hydrogen) atoms. The summed E-state index contributed by atoms with van der Waals surface area (Å²) in [4.78, 5) is 10.7. The van der Waals surface area contributed by atoms with Crippen LogP contribution in [0.1, 0.15) is 29.6 Å². The first-order valence-electron chi connectivity index (χ1n) is 5.53. The summed E-state index contributed by atoms with van der Waals surface area (Å²) < 4.78 is 5.71. The van der Waals surface area contributed by atoms with Gasteiger partial charge in [0.15, 0.2) is 0 Å². The second-order valence-corrected chi connectivity index (χ2v) is 4.37. The molecule has 0 fully saturated rings. The van der Waals surface area contributed by atoms with Crippen molar-refractivity contribution in [3.8, 4) is 5.75 Å². The molecule has 0 saturated carbocycles. The molecule has 1 N–H and O–H groups in total. The minimum atomic E-state index is -0.990. The fourth-order valence-corrected chi connectivity index (χ4v) is 2.00. The Labute approximate surface area is 105 Å². The minimum Gasteiger partial charge on any atom is -0.485 e. The summed E-state index contributed by atoms with van der Waals surface area (Å²) in [5.41, 5.74) is 0.168. The summed E-state index contributed by atoms with van der Waals surface area (Å²) in [5, 5.41) is 9.15. The highest BCUT2D eigenvalue weighted by atomic mass is 35.5. The molecule has 0 radical (unpaired) electrons. The van der Waals surface area contributed by atoms with Crippen LogP contribution in [0.2, 0.25) is 5.02 Å². The predicted octanol–water partition coefficient (Wildman–Crippen LogP) is 3.53. The molecule has 2 rings (SSSR count). The molecule has 0 saturated heterocycles. The van der Waals surface area contributed by atoms with Crippen molar-refractivity contribution >= 4 is 17.6 Å². The highest BCUT2D eigenvalue weighted by Gasteiger charge is 2.13. The van der Waals surface area contributed by atoms with Gasteiger partial charge in [0.1, 0.15) is 11.9 Å². The zero-order valence-corrected chi connectivity index (χ0v) is 9.98. The van der Waals surface area contributed by atoms with Crippen molar-refractivity contribution in [3.05, 3.63) is 40.9 Å². The second-order valence-electron chi connectivity index (χ2n) is 3.97. The number of allylic oxidation sites excluding steroid dienone is 1. The predicted molar refractivity (Wildman–Crippen MR) is 65.8 cm³/mol. The van der Waals surface area contributed by atoms with E-state index in [0.29, 0.717) is 10.8 Å². The van der Waals surface area contributed by atoms with Crippen molar-refractivity contribution < 1.29 is 14.6 Å². The van der Waals surface area contributed by atoms with Crippen molar-refractivity contribution in [2.45, 2.75) is 25.4 Å². The van der Waals surface area contributed by atoms with Crippen LogP contribution in [0.15, 0.2) is 30.4 Å². The number of hydrogen-bond donors (Lipinski definition) is 1. The van der Waals surface area contributed by atoms with E-state index < -0.39 is 5.97 Å². The Balaban J connectivity index is 2.13. The molecule has 90 valence electrons. The summed E-state index contributed by atoms with van der Waals surface area (Å²) in [7, 11) is 0. The van der Waals surface area contributed by atoms with Gasteiger partial charge in [0.25, 0.3) is 0 Å². The van der Waals surface area contributed by atoms with Gasteiger partial charge in [-0.15, -0.1) is 0 Å². The maximum Gasteiger partial charge on any atom is 0.335 e. The van der Waals surface area contributed by atoms with Crippen LogP contribution in [0.25, 0.3) is 0 Å². The Morgan fingerprint density at radius 3 is 2.88 bits per heavy atom. The number of benzene rings is 1. The van der Waals surface area contributed by atoms with E-state index in [2.05, 4.69) is 6.08 Å². The summed E-state index contributed by atoms with van der Waals surface area (Å²) in [5.74, 6) is -0.454. The molecule has 1 atom stereocenters. The van der Waals surface area contributed by atoms with Crippen molar-refractivity contribution in [3.63, 3.8) is 0 Å². The lowest BCUT2D eigenvalue weighted by atomic mass is 10.1. The van der Waals surface area contributed by atoms with Gasteiger partial charge in [0, 0.05) is 0 Å². The Hall–Kier alpha value is -1.48. The van der Waals surface area contributed by atoms with Gasteiger partial charge in [-0.05, 0) is 43.5 Å². The number of halogens is 1. The van der Waals surface area contributed by atoms with Crippen LogP contribution in [-0.4, -0.2) is 17.2 Å². The quantitative estimate of drug-likeness (QED) is 0.837. The van der Waals surface area contributed by atoms with Gasteiger partial charge in [-0.2, -0.15) is 0 Å². The van der Waals surface area contributed by atoms with Crippen LogP contribution in [0.4, 0.5) is 0 Å². The van der Waals surface area contributed by atoms with E-state index in [1.165, 1.54) is 12.1 Å². The first kappa shape index (κ1) is 12.0. The molecule has 0 heterocycles. The Kier molecular flexibility index (Phi) is 3.69. The lowest BCUT2D eigenvalue weighted by molar-refractivity contribution is 0.0697. The summed E-state index contributed by atoms with van der Waals surface area (Å²) in [6.45, 7) is 0. The van der Waals surface area contributed by atoms with Gasteiger partial charge >= 0.3 is 5.97 Å². The number of ether oxygens (including phenoxy) is 1. The van der Waals surface area contributed by atoms with Crippen molar-refractivity contribution in [2.24, 2.45) is 0 Å². The highest BCUT2D eigenvalue weighted by molar-refractivity contribution is 6.32. The fraction of sp³-hybridized carbons (Fsp3) is 0.308. The number of rotatable bonds is 3. The largest absolute Gasteiger partial charge is 0.485 e. The van der Waals surface area contributed by atoms with E-state index in [4.69, 9.17) is 21.4 Å². The normalized spacial score (nSPS) is 19.0. The fourth-order valence-electron chi connectivity index (χ4n) is 1.77. The molecule has 3 nitrogen and oxygen atoms in total. The Morgan fingerprint density at radius 2 is 2.29 bits per heavy atom. The van der Waals surface area contributed by atoms with Gasteiger partial charge in [-0.1, -0.05) is 17.7 Å². The van der Waals surface area contributed by atoms with Crippen molar-refractivity contribution in [2.75, 3.05) is 0 Å². The first-order valence-corrected chi connectivity index (χ1v) is 5.91. The average Bonchev–Trinajstić information content (AvgIpc) is 2.33. The molecule has 1 unspecified atom stereocenters. The van der Waals surface area contributed by atoms with E-state index >= 15 is 0 Å². The topological polar surface area (TPSA) is 46.5 Å². The third kappa shape index (κ3) is 3.01. The van der Waals surface area contributed by atoms with Gasteiger partial charge in [0.2, 0.25) is 0 Å². The molecule has 0 amide bonds. The van der Waals surface area contributed by atoms with Crippen molar-refractivity contribution in [1.29, 1.82) is 0 Å². The molecular weight excluding hydrogens is 240 g/mol. The molecule has 0 aromatic heterocycles. The maximum atomic E-state index is 10.7. The number of aromatic carboxylic acids is 1. The van der Waals surface area contributed by atoms with Crippen LogP contribution in [0.3, 0.4) is 0 Å². The van der Waals surface area contributed by atoms with E-state index in [1.807, 2.05) is 6.08 Å². The molecule has 0 spiro atoms. The molecule has 1 aromatic rings. The van der Waals surface area contributed by atoms with Gasteiger partial charge in [-0.25, -0.2) is 4.79 Å². The monoisotopic (exact) mass is 252 g/mol. The minimum absolute atomic E-state index is 0.0388. The zero-order valence-electron chi connectivity index (χ0n) is 9.23. The highest BCUT2D eigenvalue weighted by Crippen LogP contribution is 2.28. The smallest absolute Gasteiger partial charge is 0.335 e. The van der Waals surface area contributed by atoms with Gasteiger partial charge < -0.3 is 9.84 Å². The summed E-state index contributed by atoms with van der Waals surface area (Å²) in [6.07, 6.45) is 7.31. The van der Waals surface area contributed by atoms with Gasteiger partial charge in [-0.3, -0.25) is 0 Å². The van der Waals surface area contributed by atoms with E-state index in [-0.39, 0.29) is 11.7 Å². The third-order valence-electron chi connectivity index (χ3n) is 2.67. The SMILES string of the molecule is O=C(O)c1ccc(OC2C=CCCC2)c(Cl)c1. The number of hydrogen-bond acceptors (Lipinski definition) is 2. The van der Waals surface area contributed by atoms with E-state index in [0.717, 1.165) is 19.3 Å². The Morgan fingerprint density at radius 1 is 1.47 bits per heavy atom. The Bertz CT molecular complexity index is 454. The summed E-state index contributed by atoms with van der Waals surface area (Å²) >= 11 is 5.98. The summed E-state index contributed by atoms with van der Waals surface area (Å²) in [6, 6.07) is 4.51. The molecule has 1 aliphatic carbocycles. The second kappa shape index (κ2) is 5.23. The van der Waals surface area contributed by atoms with Crippen molar-refractivity contribution in [1.82, 2.24) is 0 Å². The molecular formula is C13H13ClO3. The lowest BCUT2D eigenvalue weighted by Gasteiger charge is -2.19. The van der Waals surface area contributed by atoms with E-state index in [1.54, 1.807) is 6.07 Å². The van der Waals surface area contributed by atoms with Crippen LogP contribution < -0.4 is 4.74 Å². The number of carboxylic acid groups (broad SMARTS) is 1. The van der Waals surface area contributed by atoms with Gasteiger partial charge in [0.05, 0.1) is 10.6 Å². The van der Waals surface area contributed by atoms with E-state index in [9.17, 15) is 4.79 Å². The van der Waals surface area contributed by atoms with Crippen LogP contribution in [-0.2, 0) is 0 Å². The zero-order chi connectivity index (χ0) is 12.3. The number of carbonyl (C=O) groups is 1. The van der Waals surface area contributed by atoms with Crippen LogP contribution in [0, 0.1) is 0 Å². The molecule has 4 heteroatoms.